The largest absolute Gasteiger partial charge is 0.398 e. The lowest BCUT2D eigenvalue weighted by Crippen LogP contribution is -2.28. The second-order valence-corrected chi connectivity index (χ2v) is 7.20. The van der Waals surface area contributed by atoms with Crippen LogP contribution in [0.3, 0.4) is 0 Å². The third-order valence-electron chi connectivity index (χ3n) is 3.60. The molecule has 0 aliphatic carbocycles. The Morgan fingerprint density at radius 2 is 1.90 bits per heavy atom. The lowest BCUT2D eigenvalue weighted by atomic mass is 10.1. The van der Waals surface area contributed by atoms with Crippen LogP contribution in [0.2, 0.25) is 0 Å². The second kappa shape index (κ2) is 5.50. The van der Waals surface area contributed by atoms with Gasteiger partial charge < -0.3 is 10.3 Å². The molecule has 1 heterocycles. The van der Waals surface area contributed by atoms with Crippen molar-refractivity contribution < 1.29 is 8.42 Å². The Kier molecular flexibility index (Phi) is 4.06. The van der Waals surface area contributed by atoms with Gasteiger partial charge in [0, 0.05) is 26.5 Å². The zero-order chi connectivity index (χ0) is 15.8. The van der Waals surface area contributed by atoms with Gasteiger partial charge in [-0.15, -0.1) is 0 Å². The molecule has 0 saturated heterocycles. The van der Waals surface area contributed by atoms with E-state index >= 15 is 0 Å². The van der Waals surface area contributed by atoms with E-state index in [-0.39, 0.29) is 17.1 Å². The SMILES string of the molecule is Cc1cc(N)c(S(=O)(=O)N(C)Cc2nccn2C)cc1C. The third kappa shape index (κ3) is 2.93. The van der Waals surface area contributed by atoms with E-state index in [1.165, 1.54) is 11.4 Å². The fraction of sp³-hybridized carbons (Fsp3) is 0.357. The summed E-state index contributed by atoms with van der Waals surface area (Å²) in [5, 5.41) is 0. The number of rotatable bonds is 4. The van der Waals surface area contributed by atoms with Gasteiger partial charge in [0.15, 0.2) is 0 Å². The van der Waals surface area contributed by atoms with Crippen LogP contribution < -0.4 is 5.73 Å². The summed E-state index contributed by atoms with van der Waals surface area (Å²) in [6.07, 6.45) is 3.42. The molecule has 2 N–H and O–H groups in total. The third-order valence-corrected chi connectivity index (χ3v) is 5.46. The van der Waals surface area contributed by atoms with Crippen molar-refractivity contribution >= 4 is 15.7 Å². The van der Waals surface area contributed by atoms with Crippen molar-refractivity contribution in [1.82, 2.24) is 13.9 Å². The Labute approximate surface area is 125 Å². The summed E-state index contributed by atoms with van der Waals surface area (Å²) in [6, 6.07) is 3.31. The van der Waals surface area contributed by atoms with Crippen LogP contribution in [0.5, 0.6) is 0 Å². The minimum Gasteiger partial charge on any atom is -0.398 e. The van der Waals surface area contributed by atoms with Crippen molar-refractivity contribution in [2.75, 3.05) is 12.8 Å². The van der Waals surface area contributed by atoms with Crippen LogP contribution in [0, 0.1) is 13.8 Å². The second-order valence-electron chi connectivity index (χ2n) is 5.19. The number of nitrogens with two attached hydrogens (primary N) is 1. The number of nitrogens with zero attached hydrogens (tertiary/aromatic N) is 3. The Bertz CT molecular complexity index is 765. The van der Waals surface area contributed by atoms with Crippen LogP contribution in [0.15, 0.2) is 29.4 Å². The molecule has 0 radical (unpaired) electrons. The van der Waals surface area contributed by atoms with Gasteiger partial charge in [-0.05, 0) is 37.1 Å². The predicted octanol–water partition coefficient (Wildman–Crippen LogP) is 1.44. The predicted molar refractivity (Wildman–Crippen MR) is 82.2 cm³/mol. The molecule has 0 aliphatic rings. The van der Waals surface area contributed by atoms with Crippen LogP contribution in [0.4, 0.5) is 5.69 Å². The number of sulfonamides is 1. The van der Waals surface area contributed by atoms with Gasteiger partial charge in [-0.25, -0.2) is 13.4 Å². The number of aromatic nitrogens is 2. The Hall–Kier alpha value is -1.86. The average molecular weight is 308 g/mol. The highest BCUT2D eigenvalue weighted by Crippen LogP contribution is 2.25. The van der Waals surface area contributed by atoms with Crippen molar-refractivity contribution in [3.63, 3.8) is 0 Å². The Morgan fingerprint density at radius 1 is 1.29 bits per heavy atom. The molecule has 0 unspecified atom stereocenters. The monoisotopic (exact) mass is 308 g/mol. The average Bonchev–Trinajstić information content (AvgIpc) is 2.79. The molecule has 0 aliphatic heterocycles. The number of imidazole rings is 1. The molecule has 0 bridgehead atoms. The fourth-order valence-corrected chi connectivity index (χ4v) is 3.34. The van der Waals surface area contributed by atoms with Gasteiger partial charge in [0.2, 0.25) is 10.0 Å². The highest BCUT2D eigenvalue weighted by molar-refractivity contribution is 7.89. The molecule has 0 spiro atoms. The van der Waals surface area contributed by atoms with Crippen LogP contribution in [0.1, 0.15) is 17.0 Å². The quantitative estimate of drug-likeness (QED) is 0.867. The molecule has 2 aromatic rings. The molecule has 7 heteroatoms. The number of hydrogen-bond donors (Lipinski definition) is 1. The Balaban J connectivity index is 2.38. The topological polar surface area (TPSA) is 81.2 Å². The first-order valence-corrected chi connectivity index (χ1v) is 7.96. The molecule has 114 valence electrons. The minimum absolute atomic E-state index is 0.141. The molecule has 6 nitrogen and oxygen atoms in total. The van der Waals surface area contributed by atoms with E-state index in [0.29, 0.717) is 5.82 Å². The molecular weight excluding hydrogens is 288 g/mol. The van der Waals surface area contributed by atoms with Crippen molar-refractivity contribution in [2.24, 2.45) is 7.05 Å². The van der Waals surface area contributed by atoms with E-state index in [2.05, 4.69) is 4.98 Å². The fourth-order valence-electron chi connectivity index (χ4n) is 2.04. The first-order valence-electron chi connectivity index (χ1n) is 6.52. The van der Waals surface area contributed by atoms with Gasteiger partial charge in [0.05, 0.1) is 12.2 Å². The van der Waals surface area contributed by atoms with Crippen molar-refractivity contribution in [3.05, 3.63) is 41.5 Å². The Morgan fingerprint density at radius 3 is 2.48 bits per heavy atom. The molecule has 1 aromatic carbocycles. The summed E-state index contributed by atoms with van der Waals surface area (Å²) in [7, 11) is -0.294. The van der Waals surface area contributed by atoms with E-state index in [0.717, 1.165) is 11.1 Å². The van der Waals surface area contributed by atoms with E-state index in [4.69, 9.17) is 5.73 Å². The molecule has 2 rings (SSSR count). The molecular formula is C14H20N4O2S. The number of nitrogen functional groups attached to an aromatic ring is 1. The number of benzene rings is 1. The summed E-state index contributed by atoms with van der Waals surface area (Å²) >= 11 is 0. The van der Waals surface area contributed by atoms with Crippen LogP contribution in [-0.2, 0) is 23.6 Å². The highest BCUT2D eigenvalue weighted by Gasteiger charge is 2.25. The summed E-state index contributed by atoms with van der Waals surface area (Å²) in [6.45, 7) is 3.96. The first-order chi connectivity index (χ1) is 9.73. The van der Waals surface area contributed by atoms with Gasteiger partial charge in [-0.1, -0.05) is 0 Å². The molecule has 1 aromatic heterocycles. The van der Waals surface area contributed by atoms with Crippen LogP contribution in [0.25, 0.3) is 0 Å². The zero-order valence-electron chi connectivity index (χ0n) is 12.7. The van der Waals surface area contributed by atoms with Gasteiger partial charge in [-0.3, -0.25) is 0 Å². The van der Waals surface area contributed by atoms with Crippen LogP contribution >= 0.6 is 0 Å². The van der Waals surface area contributed by atoms with Crippen LogP contribution in [-0.4, -0.2) is 29.3 Å². The zero-order valence-corrected chi connectivity index (χ0v) is 13.5. The summed E-state index contributed by atoms with van der Waals surface area (Å²) < 4.78 is 28.4. The lowest BCUT2D eigenvalue weighted by Gasteiger charge is -2.19. The molecule has 0 saturated carbocycles. The minimum atomic E-state index is -3.65. The molecule has 0 amide bonds. The van der Waals surface area contributed by atoms with E-state index < -0.39 is 10.0 Å². The molecule has 0 fully saturated rings. The van der Waals surface area contributed by atoms with Gasteiger partial charge in [0.25, 0.3) is 0 Å². The summed E-state index contributed by atoms with van der Waals surface area (Å²) in [5.41, 5.74) is 8.03. The maximum Gasteiger partial charge on any atom is 0.245 e. The maximum atomic E-state index is 12.7. The van der Waals surface area contributed by atoms with Crippen molar-refractivity contribution in [2.45, 2.75) is 25.3 Å². The number of hydrogen-bond acceptors (Lipinski definition) is 4. The van der Waals surface area contributed by atoms with E-state index in [1.54, 1.807) is 29.1 Å². The van der Waals surface area contributed by atoms with E-state index in [9.17, 15) is 8.42 Å². The number of aryl methyl sites for hydroxylation is 3. The van der Waals surface area contributed by atoms with E-state index in [1.807, 2.05) is 20.9 Å². The highest BCUT2D eigenvalue weighted by atomic mass is 32.2. The van der Waals surface area contributed by atoms with Crippen molar-refractivity contribution in [3.8, 4) is 0 Å². The summed E-state index contributed by atoms with van der Waals surface area (Å²) in [4.78, 5) is 4.28. The lowest BCUT2D eigenvalue weighted by molar-refractivity contribution is 0.451. The molecule has 0 atom stereocenters. The summed E-state index contributed by atoms with van der Waals surface area (Å²) in [5.74, 6) is 0.670. The normalized spacial score (nSPS) is 12.0. The standard InChI is InChI=1S/C14H20N4O2S/c1-10-7-12(15)13(8-11(10)2)21(19,20)18(4)9-14-16-5-6-17(14)3/h5-8H,9,15H2,1-4H3. The smallest absolute Gasteiger partial charge is 0.245 e. The maximum absolute atomic E-state index is 12.7. The van der Waals surface area contributed by atoms with Gasteiger partial charge in [-0.2, -0.15) is 4.31 Å². The first kappa shape index (κ1) is 15.5. The van der Waals surface area contributed by atoms with Gasteiger partial charge >= 0.3 is 0 Å². The van der Waals surface area contributed by atoms with Gasteiger partial charge in [0.1, 0.15) is 10.7 Å². The number of anilines is 1. The van der Waals surface area contributed by atoms with Crippen molar-refractivity contribution in [1.29, 1.82) is 0 Å². The molecule has 21 heavy (non-hydrogen) atoms.